The van der Waals surface area contributed by atoms with E-state index in [1.165, 1.54) is 5.56 Å². The van der Waals surface area contributed by atoms with Gasteiger partial charge in [-0.05, 0) is 42.7 Å². The van der Waals surface area contributed by atoms with Gasteiger partial charge in [0.15, 0.2) is 0 Å². The van der Waals surface area contributed by atoms with Crippen LogP contribution in [0.2, 0.25) is 0 Å². The summed E-state index contributed by atoms with van der Waals surface area (Å²) in [6.45, 7) is 2.77. The SMILES string of the molecule is CCc1nnsc1C(=O)Nc1ccc(CNC)cc1. The van der Waals surface area contributed by atoms with Crippen LogP contribution in [-0.4, -0.2) is 22.5 Å². The van der Waals surface area contributed by atoms with Gasteiger partial charge in [-0.3, -0.25) is 4.79 Å². The first kappa shape index (κ1) is 13.6. The van der Waals surface area contributed by atoms with Gasteiger partial charge in [-0.15, -0.1) is 5.10 Å². The van der Waals surface area contributed by atoms with E-state index < -0.39 is 0 Å². The van der Waals surface area contributed by atoms with E-state index in [1.807, 2.05) is 38.2 Å². The van der Waals surface area contributed by atoms with Crippen LogP contribution in [0.3, 0.4) is 0 Å². The largest absolute Gasteiger partial charge is 0.321 e. The van der Waals surface area contributed by atoms with Gasteiger partial charge in [0, 0.05) is 12.2 Å². The van der Waals surface area contributed by atoms with Gasteiger partial charge < -0.3 is 10.6 Å². The number of carbonyl (C=O) groups excluding carboxylic acids is 1. The van der Waals surface area contributed by atoms with Crippen molar-refractivity contribution in [3.05, 3.63) is 40.4 Å². The molecule has 0 saturated heterocycles. The lowest BCUT2D eigenvalue weighted by atomic mass is 10.2. The number of aromatic nitrogens is 2. The molecule has 0 aliphatic carbocycles. The van der Waals surface area contributed by atoms with E-state index in [0.29, 0.717) is 11.3 Å². The van der Waals surface area contributed by atoms with Crippen molar-refractivity contribution in [1.29, 1.82) is 0 Å². The summed E-state index contributed by atoms with van der Waals surface area (Å²) in [6.07, 6.45) is 0.709. The van der Waals surface area contributed by atoms with Gasteiger partial charge in [-0.1, -0.05) is 23.5 Å². The second-order valence-electron chi connectivity index (χ2n) is 4.08. The summed E-state index contributed by atoms with van der Waals surface area (Å²) < 4.78 is 3.82. The molecule has 2 N–H and O–H groups in total. The molecule has 19 heavy (non-hydrogen) atoms. The Morgan fingerprint density at radius 1 is 1.32 bits per heavy atom. The van der Waals surface area contributed by atoms with Crippen LogP contribution in [0, 0.1) is 0 Å². The highest BCUT2D eigenvalue weighted by atomic mass is 32.1. The second kappa shape index (κ2) is 6.40. The maximum atomic E-state index is 12.1. The van der Waals surface area contributed by atoms with Crippen LogP contribution in [0.4, 0.5) is 5.69 Å². The Hall–Kier alpha value is -1.79. The number of hydrogen-bond donors (Lipinski definition) is 2. The Balaban J connectivity index is 2.06. The van der Waals surface area contributed by atoms with Crippen molar-refractivity contribution < 1.29 is 4.79 Å². The number of amides is 1. The summed E-state index contributed by atoms with van der Waals surface area (Å²) in [6, 6.07) is 7.75. The molecule has 2 rings (SSSR count). The van der Waals surface area contributed by atoms with Crippen LogP contribution in [0.25, 0.3) is 0 Å². The molecular weight excluding hydrogens is 260 g/mol. The van der Waals surface area contributed by atoms with Crippen LogP contribution < -0.4 is 10.6 Å². The molecule has 1 aromatic heterocycles. The van der Waals surface area contributed by atoms with E-state index in [4.69, 9.17) is 0 Å². The lowest BCUT2D eigenvalue weighted by Crippen LogP contribution is -2.12. The summed E-state index contributed by atoms with van der Waals surface area (Å²) >= 11 is 1.13. The minimum Gasteiger partial charge on any atom is -0.321 e. The fourth-order valence-electron chi connectivity index (χ4n) is 1.71. The fourth-order valence-corrected chi connectivity index (χ4v) is 2.36. The Morgan fingerprint density at radius 2 is 2.05 bits per heavy atom. The highest BCUT2D eigenvalue weighted by Crippen LogP contribution is 2.15. The van der Waals surface area contributed by atoms with Crippen molar-refractivity contribution in [1.82, 2.24) is 14.9 Å². The molecule has 100 valence electrons. The van der Waals surface area contributed by atoms with E-state index in [-0.39, 0.29) is 5.91 Å². The number of anilines is 1. The van der Waals surface area contributed by atoms with Crippen molar-refractivity contribution in [2.75, 3.05) is 12.4 Å². The Morgan fingerprint density at radius 3 is 2.68 bits per heavy atom. The van der Waals surface area contributed by atoms with Gasteiger partial charge in [-0.2, -0.15) is 0 Å². The lowest BCUT2D eigenvalue weighted by molar-refractivity contribution is 0.102. The van der Waals surface area contributed by atoms with Crippen LogP contribution in [0.5, 0.6) is 0 Å². The average Bonchev–Trinajstić information content (AvgIpc) is 2.90. The normalized spacial score (nSPS) is 10.4. The first-order chi connectivity index (χ1) is 9.24. The zero-order valence-electron chi connectivity index (χ0n) is 10.9. The number of rotatable bonds is 5. The van der Waals surface area contributed by atoms with E-state index in [2.05, 4.69) is 20.2 Å². The lowest BCUT2D eigenvalue weighted by Gasteiger charge is -2.05. The third kappa shape index (κ3) is 3.36. The molecule has 0 aliphatic heterocycles. The van der Waals surface area contributed by atoms with E-state index in [9.17, 15) is 4.79 Å². The summed E-state index contributed by atoms with van der Waals surface area (Å²) in [5.41, 5.74) is 2.70. The van der Waals surface area contributed by atoms with Gasteiger partial charge in [0.2, 0.25) is 0 Å². The zero-order chi connectivity index (χ0) is 13.7. The van der Waals surface area contributed by atoms with Crippen LogP contribution in [0.1, 0.15) is 27.9 Å². The molecular formula is C13H16N4OS. The van der Waals surface area contributed by atoms with Gasteiger partial charge in [0.1, 0.15) is 4.88 Å². The number of carbonyl (C=O) groups is 1. The van der Waals surface area contributed by atoms with Gasteiger partial charge >= 0.3 is 0 Å². The molecule has 0 fully saturated rings. The smallest absolute Gasteiger partial charge is 0.269 e. The van der Waals surface area contributed by atoms with E-state index in [0.717, 1.165) is 29.5 Å². The molecule has 2 aromatic rings. The maximum absolute atomic E-state index is 12.1. The fraction of sp³-hybridized carbons (Fsp3) is 0.308. The van der Waals surface area contributed by atoms with Crippen molar-refractivity contribution in [2.24, 2.45) is 0 Å². The molecule has 0 bridgehead atoms. The minimum atomic E-state index is -0.145. The molecule has 6 heteroatoms. The monoisotopic (exact) mass is 276 g/mol. The zero-order valence-corrected chi connectivity index (χ0v) is 11.8. The summed E-state index contributed by atoms with van der Waals surface area (Å²) in [4.78, 5) is 12.7. The minimum absolute atomic E-state index is 0.145. The van der Waals surface area contributed by atoms with Gasteiger partial charge in [-0.25, -0.2) is 0 Å². The number of nitrogens with one attached hydrogen (secondary N) is 2. The number of hydrogen-bond acceptors (Lipinski definition) is 5. The quantitative estimate of drug-likeness (QED) is 0.877. The number of nitrogens with zero attached hydrogens (tertiary/aromatic N) is 2. The molecule has 0 aliphatic rings. The predicted molar refractivity (Wildman–Crippen MR) is 76.4 cm³/mol. The molecule has 0 atom stereocenters. The maximum Gasteiger partial charge on any atom is 0.269 e. The molecule has 1 heterocycles. The second-order valence-corrected chi connectivity index (χ2v) is 4.84. The number of aryl methyl sites for hydroxylation is 1. The number of benzene rings is 1. The molecule has 0 radical (unpaired) electrons. The molecule has 0 unspecified atom stereocenters. The first-order valence-electron chi connectivity index (χ1n) is 6.10. The van der Waals surface area contributed by atoms with Gasteiger partial charge in [0.25, 0.3) is 5.91 Å². The van der Waals surface area contributed by atoms with Crippen LogP contribution in [0.15, 0.2) is 24.3 Å². The molecule has 1 aromatic carbocycles. The first-order valence-corrected chi connectivity index (χ1v) is 6.88. The summed E-state index contributed by atoms with van der Waals surface area (Å²) in [5, 5.41) is 9.87. The van der Waals surface area contributed by atoms with Gasteiger partial charge in [0.05, 0.1) is 5.69 Å². The Labute approximate surface area is 116 Å². The highest BCUT2D eigenvalue weighted by Gasteiger charge is 2.14. The predicted octanol–water partition coefficient (Wildman–Crippen LogP) is 2.07. The standard InChI is InChI=1S/C13H16N4OS/c1-3-11-12(19-17-16-11)13(18)15-10-6-4-9(5-7-10)8-14-2/h4-7,14H,3,8H2,1-2H3,(H,15,18). The van der Waals surface area contributed by atoms with Crippen molar-refractivity contribution in [2.45, 2.75) is 19.9 Å². The van der Waals surface area contributed by atoms with Crippen molar-refractivity contribution in [3.8, 4) is 0 Å². The Kier molecular flexibility index (Phi) is 4.59. The van der Waals surface area contributed by atoms with Crippen LogP contribution >= 0.6 is 11.5 Å². The topological polar surface area (TPSA) is 66.9 Å². The van der Waals surface area contributed by atoms with Crippen molar-refractivity contribution in [3.63, 3.8) is 0 Å². The third-order valence-corrected chi connectivity index (χ3v) is 3.46. The summed E-state index contributed by atoms with van der Waals surface area (Å²) in [5.74, 6) is -0.145. The summed E-state index contributed by atoms with van der Waals surface area (Å²) in [7, 11) is 1.90. The molecule has 0 saturated carbocycles. The van der Waals surface area contributed by atoms with Crippen LogP contribution in [-0.2, 0) is 13.0 Å². The molecule has 1 amide bonds. The highest BCUT2D eigenvalue weighted by molar-refractivity contribution is 7.08. The molecule has 5 nitrogen and oxygen atoms in total. The Bertz CT molecular complexity index is 550. The third-order valence-electron chi connectivity index (χ3n) is 2.69. The average molecular weight is 276 g/mol. The van der Waals surface area contributed by atoms with E-state index >= 15 is 0 Å². The molecule has 0 spiro atoms. The van der Waals surface area contributed by atoms with Crippen molar-refractivity contribution >= 4 is 23.1 Å². The van der Waals surface area contributed by atoms with E-state index in [1.54, 1.807) is 0 Å².